The molecule has 1 rings (SSSR count). The normalized spacial score (nSPS) is 14.6. The summed E-state index contributed by atoms with van der Waals surface area (Å²) in [5.41, 5.74) is 1.39. The van der Waals surface area contributed by atoms with Crippen molar-refractivity contribution in [2.24, 2.45) is 5.92 Å². The second-order valence-electron chi connectivity index (χ2n) is 5.71. The van der Waals surface area contributed by atoms with Crippen LogP contribution in [0.3, 0.4) is 0 Å². The Hall–Kier alpha value is -0.860. The van der Waals surface area contributed by atoms with Crippen LogP contribution in [0.15, 0.2) is 30.3 Å². The van der Waals surface area contributed by atoms with E-state index in [1.165, 1.54) is 18.4 Å². The molecule has 2 heteroatoms. The number of nitrogens with zero attached hydrogens (tertiary/aromatic N) is 1. The van der Waals surface area contributed by atoms with Gasteiger partial charge in [-0.1, -0.05) is 50.6 Å². The summed E-state index contributed by atoms with van der Waals surface area (Å²) in [5, 5.41) is 3.63. The minimum Gasteiger partial charge on any atom is -0.314 e. The molecule has 2 nitrogen and oxygen atoms in total. The average molecular weight is 262 g/mol. The molecule has 2 unspecified atom stereocenters. The molecule has 0 bridgehead atoms. The molecular weight excluding hydrogens is 232 g/mol. The number of nitrogens with one attached hydrogen (secondary N) is 1. The van der Waals surface area contributed by atoms with Gasteiger partial charge in [-0.05, 0) is 45.0 Å². The average Bonchev–Trinajstić information content (AvgIpc) is 2.43. The van der Waals surface area contributed by atoms with Crippen molar-refractivity contribution in [1.29, 1.82) is 0 Å². The lowest BCUT2D eigenvalue weighted by Crippen LogP contribution is -2.34. The minimum absolute atomic E-state index is 0.629. The highest BCUT2D eigenvalue weighted by molar-refractivity contribution is 5.14. The molecule has 0 fully saturated rings. The van der Waals surface area contributed by atoms with E-state index in [0.29, 0.717) is 6.04 Å². The minimum atomic E-state index is 0.629. The molecule has 0 spiro atoms. The summed E-state index contributed by atoms with van der Waals surface area (Å²) in [6, 6.07) is 11.3. The molecule has 1 aromatic rings. The molecule has 19 heavy (non-hydrogen) atoms. The van der Waals surface area contributed by atoms with Crippen LogP contribution >= 0.6 is 0 Å². The van der Waals surface area contributed by atoms with Gasteiger partial charge in [-0.3, -0.25) is 0 Å². The van der Waals surface area contributed by atoms with Crippen molar-refractivity contribution in [3.63, 3.8) is 0 Å². The highest BCUT2D eigenvalue weighted by atomic mass is 15.1. The lowest BCUT2D eigenvalue weighted by atomic mass is 10.0. The van der Waals surface area contributed by atoms with Crippen molar-refractivity contribution in [3.8, 4) is 0 Å². The quantitative estimate of drug-likeness (QED) is 0.685. The molecule has 0 heterocycles. The third kappa shape index (κ3) is 6.74. The Morgan fingerprint density at radius 1 is 1.16 bits per heavy atom. The molecular formula is C17H30N2. The first-order valence-electron chi connectivity index (χ1n) is 7.59. The molecule has 0 aromatic heterocycles. The number of hydrogen-bond donors (Lipinski definition) is 1. The zero-order valence-corrected chi connectivity index (χ0v) is 13.0. The summed E-state index contributed by atoms with van der Waals surface area (Å²) >= 11 is 0. The summed E-state index contributed by atoms with van der Waals surface area (Å²) in [5.74, 6) is 0.766. The van der Waals surface area contributed by atoms with E-state index in [0.717, 1.165) is 25.6 Å². The van der Waals surface area contributed by atoms with E-state index in [1.54, 1.807) is 0 Å². The first-order chi connectivity index (χ1) is 9.13. The van der Waals surface area contributed by atoms with Crippen molar-refractivity contribution >= 4 is 0 Å². The van der Waals surface area contributed by atoms with E-state index in [2.05, 4.69) is 68.4 Å². The Morgan fingerprint density at radius 3 is 2.47 bits per heavy atom. The highest BCUT2D eigenvalue weighted by Gasteiger charge is 2.08. The smallest absolute Gasteiger partial charge is 0.0230 e. The van der Waals surface area contributed by atoms with Crippen molar-refractivity contribution in [2.45, 2.75) is 46.2 Å². The summed E-state index contributed by atoms with van der Waals surface area (Å²) in [6.07, 6.45) is 2.46. The van der Waals surface area contributed by atoms with E-state index in [1.807, 2.05) is 0 Å². The van der Waals surface area contributed by atoms with E-state index in [-0.39, 0.29) is 0 Å². The molecule has 0 radical (unpaired) electrons. The zero-order valence-electron chi connectivity index (χ0n) is 13.0. The van der Waals surface area contributed by atoms with E-state index in [4.69, 9.17) is 0 Å². The zero-order chi connectivity index (χ0) is 14.1. The Labute approximate surface area is 119 Å². The van der Waals surface area contributed by atoms with Crippen LogP contribution in [0.25, 0.3) is 0 Å². The number of hydrogen-bond acceptors (Lipinski definition) is 2. The standard InChI is InChI=1S/C17H30N2/c1-5-15(2)16(3)18-12-9-13-19(4)14-17-10-7-6-8-11-17/h6-8,10-11,15-16,18H,5,9,12-14H2,1-4H3. The summed E-state index contributed by atoms with van der Waals surface area (Å²) in [6.45, 7) is 10.2. The van der Waals surface area contributed by atoms with E-state index in [9.17, 15) is 0 Å². The topological polar surface area (TPSA) is 15.3 Å². The number of rotatable bonds is 9. The predicted octanol–water partition coefficient (Wildman–Crippen LogP) is 3.53. The molecule has 1 aromatic carbocycles. The first kappa shape index (κ1) is 16.2. The van der Waals surface area contributed by atoms with Crippen LogP contribution in [0.4, 0.5) is 0 Å². The van der Waals surface area contributed by atoms with Crippen LogP contribution in [-0.4, -0.2) is 31.1 Å². The third-order valence-corrected chi connectivity index (χ3v) is 3.98. The van der Waals surface area contributed by atoms with Gasteiger partial charge >= 0.3 is 0 Å². The van der Waals surface area contributed by atoms with Gasteiger partial charge < -0.3 is 10.2 Å². The maximum atomic E-state index is 3.63. The monoisotopic (exact) mass is 262 g/mol. The molecule has 0 saturated carbocycles. The summed E-state index contributed by atoms with van der Waals surface area (Å²) in [7, 11) is 2.20. The molecule has 0 amide bonds. The Bertz CT molecular complexity index is 323. The van der Waals surface area contributed by atoms with Crippen LogP contribution in [0.1, 0.15) is 39.2 Å². The van der Waals surface area contributed by atoms with Crippen molar-refractivity contribution in [1.82, 2.24) is 10.2 Å². The Balaban J connectivity index is 2.12. The molecule has 0 saturated heterocycles. The van der Waals surface area contributed by atoms with Crippen molar-refractivity contribution in [3.05, 3.63) is 35.9 Å². The Morgan fingerprint density at radius 2 is 1.84 bits per heavy atom. The lowest BCUT2D eigenvalue weighted by molar-refractivity contribution is 0.310. The summed E-state index contributed by atoms with van der Waals surface area (Å²) in [4.78, 5) is 2.39. The van der Waals surface area contributed by atoms with E-state index < -0.39 is 0 Å². The van der Waals surface area contributed by atoms with Gasteiger partial charge in [0.05, 0.1) is 0 Å². The molecule has 0 aliphatic carbocycles. The Kier molecular flexibility index (Phi) is 7.76. The van der Waals surface area contributed by atoms with Gasteiger partial charge in [0.25, 0.3) is 0 Å². The van der Waals surface area contributed by atoms with Gasteiger partial charge in [0, 0.05) is 12.6 Å². The van der Waals surface area contributed by atoms with Gasteiger partial charge in [-0.2, -0.15) is 0 Å². The van der Waals surface area contributed by atoms with Crippen LogP contribution in [0, 0.1) is 5.92 Å². The highest BCUT2D eigenvalue weighted by Crippen LogP contribution is 2.06. The summed E-state index contributed by atoms with van der Waals surface area (Å²) < 4.78 is 0. The maximum Gasteiger partial charge on any atom is 0.0230 e. The van der Waals surface area contributed by atoms with Gasteiger partial charge in [-0.15, -0.1) is 0 Å². The molecule has 108 valence electrons. The first-order valence-corrected chi connectivity index (χ1v) is 7.59. The third-order valence-electron chi connectivity index (χ3n) is 3.98. The van der Waals surface area contributed by atoms with Crippen LogP contribution in [0.2, 0.25) is 0 Å². The molecule has 1 N–H and O–H groups in total. The SMILES string of the molecule is CCC(C)C(C)NCCCN(C)Cc1ccccc1. The van der Waals surface area contributed by atoms with Crippen LogP contribution in [0.5, 0.6) is 0 Å². The van der Waals surface area contributed by atoms with Crippen molar-refractivity contribution in [2.75, 3.05) is 20.1 Å². The van der Waals surface area contributed by atoms with Gasteiger partial charge in [0.15, 0.2) is 0 Å². The number of benzene rings is 1. The molecule has 2 atom stereocenters. The van der Waals surface area contributed by atoms with Crippen LogP contribution in [-0.2, 0) is 6.54 Å². The van der Waals surface area contributed by atoms with Gasteiger partial charge in [0.2, 0.25) is 0 Å². The molecule has 0 aliphatic heterocycles. The van der Waals surface area contributed by atoms with Gasteiger partial charge in [-0.25, -0.2) is 0 Å². The lowest BCUT2D eigenvalue weighted by Gasteiger charge is -2.21. The van der Waals surface area contributed by atoms with E-state index >= 15 is 0 Å². The van der Waals surface area contributed by atoms with Crippen LogP contribution < -0.4 is 5.32 Å². The molecule has 0 aliphatic rings. The maximum absolute atomic E-state index is 3.63. The second-order valence-corrected chi connectivity index (χ2v) is 5.71. The van der Waals surface area contributed by atoms with Crippen molar-refractivity contribution < 1.29 is 0 Å². The largest absolute Gasteiger partial charge is 0.314 e. The fourth-order valence-corrected chi connectivity index (χ4v) is 2.21. The second kappa shape index (κ2) is 9.11. The fraction of sp³-hybridized carbons (Fsp3) is 0.647. The van der Waals surface area contributed by atoms with Gasteiger partial charge in [0.1, 0.15) is 0 Å². The predicted molar refractivity (Wildman–Crippen MR) is 84.3 cm³/mol. The fourth-order valence-electron chi connectivity index (χ4n) is 2.21.